The Morgan fingerprint density at radius 3 is 2.86 bits per heavy atom. The first-order valence-electron chi connectivity index (χ1n) is 7.09. The van der Waals surface area contributed by atoms with Gasteiger partial charge < -0.3 is 10.5 Å². The first-order valence-corrected chi connectivity index (χ1v) is 7.88. The number of guanidine groups is 1. The Morgan fingerprint density at radius 1 is 1.48 bits per heavy atom. The molecule has 1 fully saturated rings. The lowest BCUT2D eigenvalue weighted by Gasteiger charge is -2.43. The van der Waals surface area contributed by atoms with Crippen LogP contribution in [0.4, 0.5) is 0 Å². The van der Waals surface area contributed by atoms with Crippen LogP contribution in [0.25, 0.3) is 0 Å². The third-order valence-electron chi connectivity index (χ3n) is 4.71. The number of amides is 1. The number of hydrogen-bond acceptors (Lipinski definition) is 4. The van der Waals surface area contributed by atoms with E-state index < -0.39 is 5.54 Å². The summed E-state index contributed by atoms with van der Waals surface area (Å²) < 4.78 is 7.15. The summed E-state index contributed by atoms with van der Waals surface area (Å²) in [6.45, 7) is 2.08. The lowest BCUT2D eigenvalue weighted by atomic mass is 9.75. The number of halogens is 1. The average Bonchev–Trinajstić information content (AvgIpc) is 3.20. The molecule has 0 aromatic heterocycles. The van der Waals surface area contributed by atoms with E-state index in [-0.39, 0.29) is 17.5 Å². The van der Waals surface area contributed by atoms with Gasteiger partial charge in [-0.2, -0.15) is 0 Å². The Bertz CT molecular complexity index is 685. The summed E-state index contributed by atoms with van der Waals surface area (Å²) in [6.07, 6.45) is 2.80. The molecule has 2 heterocycles. The third kappa shape index (κ3) is 1.81. The smallest absolute Gasteiger partial charge is 0.259 e. The van der Waals surface area contributed by atoms with E-state index in [0.29, 0.717) is 12.3 Å². The maximum absolute atomic E-state index is 12.6. The Morgan fingerprint density at radius 2 is 2.24 bits per heavy atom. The van der Waals surface area contributed by atoms with Gasteiger partial charge in [0.25, 0.3) is 5.91 Å². The molecule has 6 heteroatoms. The predicted octanol–water partition coefficient (Wildman–Crippen LogP) is 2.04. The molecule has 110 valence electrons. The molecule has 2 aliphatic heterocycles. The van der Waals surface area contributed by atoms with E-state index in [0.717, 1.165) is 28.6 Å². The second kappa shape index (κ2) is 4.00. The van der Waals surface area contributed by atoms with E-state index in [9.17, 15) is 4.79 Å². The molecule has 1 spiro atoms. The molecule has 2 atom stereocenters. The summed E-state index contributed by atoms with van der Waals surface area (Å²) in [4.78, 5) is 17.1. The number of nitrogens with one attached hydrogen (secondary N) is 1. The van der Waals surface area contributed by atoms with E-state index in [1.807, 2.05) is 18.2 Å². The minimum atomic E-state index is -0.960. The Balaban J connectivity index is 1.93. The van der Waals surface area contributed by atoms with Gasteiger partial charge in [-0.05, 0) is 43.9 Å². The Kier molecular flexibility index (Phi) is 2.50. The molecule has 3 N–H and O–H groups in total. The number of hydrogen-bond donors (Lipinski definition) is 2. The van der Waals surface area contributed by atoms with Gasteiger partial charge in [0.2, 0.25) is 0 Å². The summed E-state index contributed by atoms with van der Waals surface area (Å²) >= 11 is 3.46. The maximum atomic E-state index is 12.6. The van der Waals surface area contributed by atoms with E-state index in [1.54, 1.807) is 0 Å². The molecule has 0 unspecified atom stereocenters. The number of aliphatic imine (C=N–C) groups is 1. The second-order valence-corrected chi connectivity index (χ2v) is 7.23. The number of benzene rings is 1. The highest BCUT2D eigenvalue weighted by Gasteiger charge is 2.58. The summed E-state index contributed by atoms with van der Waals surface area (Å²) in [5, 5.41) is 2.65. The van der Waals surface area contributed by atoms with Gasteiger partial charge in [-0.1, -0.05) is 15.9 Å². The summed E-state index contributed by atoms with van der Waals surface area (Å²) in [5.41, 5.74) is 5.23. The Hall–Kier alpha value is -1.56. The highest BCUT2D eigenvalue weighted by atomic mass is 79.9. The number of nitrogens with two attached hydrogens (primary N) is 1. The topological polar surface area (TPSA) is 76.7 Å². The van der Waals surface area contributed by atoms with Crippen molar-refractivity contribution in [1.29, 1.82) is 0 Å². The maximum Gasteiger partial charge on any atom is 0.259 e. The molecule has 1 aliphatic carbocycles. The second-order valence-electron chi connectivity index (χ2n) is 6.32. The highest BCUT2D eigenvalue weighted by molar-refractivity contribution is 9.10. The van der Waals surface area contributed by atoms with Gasteiger partial charge in [-0.15, -0.1) is 0 Å². The minimum absolute atomic E-state index is 0.158. The van der Waals surface area contributed by atoms with Crippen molar-refractivity contribution in [2.75, 3.05) is 0 Å². The molecule has 1 aromatic carbocycles. The van der Waals surface area contributed by atoms with Crippen molar-refractivity contribution in [1.82, 2.24) is 5.32 Å². The molecule has 0 radical (unpaired) electrons. The van der Waals surface area contributed by atoms with Gasteiger partial charge >= 0.3 is 0 Å². The molecule has 5 nitrogen and oxygen atoms in total. The number of carbonyl (C=O) groups is 1. The molecule has 1 saturated carbocycles. The molecular formula is C15H16BrN3O2. The first kappa shape index (κ1) is 13.1. The highest BCUT2D eigenvalue weighted by Crippen LogP contribution is 2.55. The number of fused-ring (bicyclic) bond motifs is 2. The molecule has 1 amide bonds. The monoisotopic (exact) mass is 349 g/mol. The molecule has 0 saturated heterocycles. The standard InChI is InChI=1S/C15H16BrN3O2/c1-14(8-2-3-8)7-15(12(20)18-13(17)19-15)10-6-9(16)4-5-11(10)21-14/h4-6,8H,2-3,7H2,1H3,(H3,17,18,19,20)/t14-,15+/m0/s1. The largest absolute Gasteiger partial charge is 0.487 e. The van der Waals surface area contributed by atoms with Crippen LogP contribution in [0.5, 0.6) is 5.75 Å². The zero-order valence-corrected chi connectivity index (χ0v) is 13.2. The zero-order valence-electron chi connectivity index (χ0n) is 11.6. The van der Waals surface area contributed by atoms with E-state index in [4.69, 9.17) is 10.5 Å². The van der Waals surface area contributed by atoms with Crippen molar-refractivity contribution in [3.05, 3.63) is 28.2 Å². The van der Waals surface area contributed by atoms with Crippen LogP contribution < -0.4 is 15.8 Å². The number of ether oxygens (including phenoxy) is 1. The van der Waals surface area contributed by atoms with Gasteiger partial charge in [0.05, 0.1) is 0 Å². The molecule has 21 heavy (non-hydrogen) atoms. The molecule has 0 bridgehead atoms. The first-order chi connectivity index (χ1) is 9.93. The van der Waals surface area contributed by atoms with E-state index in [1.165, 1.54) is 0 Å². The van der Waals surface area contributed by atoms with Crippen molar-refractivity contribution in [3.63, 3.8) is 0 Å². The van der Waals surface area contributed by atoms with Crippen LogP contribution in [0, 0.1) is 5.92 Å². The number of rotatable bonds is 1. The zero-order chi connectivity index (χ0) is 14.8. The van der Waals surface area contributed by atoms with Crippen LogP contribution in [-0.2, 0) is 10.3 Å². The molecule has 3 aliphatic rings. The third-order valence-corrected chi connectivity index (χ3v) is 5.20. The van der Waals surface area contributed by atoms with Gasteiger partial charge in [0.1, 0.15) is 11.4 Å². The summed E-state index contributed by atoms with van der Waals surface area (Å²) in [5.74, 6) is 1.24. The van der Waals surface area contributed by atoms with Crippen molar-refractivity contribution in [3.8, 4) is 5.75 Å². The number of carbonyl (C=O) groups excluding carboxylic acids is 1. The summed E-state index contributed by atoms with van der Waals surface area (Å²) in [7, 11) is 0. The lowest BCUT2D eigenvalue weighted by Crippen LogP contribution is -2.51. The fourth-order valence-corrected chi connectivity index (χ4v) is 3.89. The average molecular weight is 350 g/mol. The van der Waals surface area contributed by atoms with E-state index >= 15 is 0 Å². The number of nitrogens with zero attached hydrogens (tertiary/aromatic N) is 1. The van der Waals surface area contributed by atoms with Gasteiger partial charge in [-0.3, -0.25) is 10.1 Å². The normalized spacial score (nSPS) is 34.2. The SMILES string of the molecule is C[C@@]1(C2CC2)C[C@@]2(N=C(N)NC2=O)c2cc(Br)ccc2O1. The van der Waals surface area contributed by atoms with Gasteiger partial charge in [-0.25, -0.2) is 4.99 Å². The van der Waals surface area contributed by atoms with Crippen LogP contribution >= 0.6 is 15.9 Å². The van der Waals surface area contributed by atoms with Crippen LogP contribution in [0.2, 0.25) is 0 Å². The van der Waals surface area contributed by atoms with Gasteiger partial charge in [0.15, 0.2) is 11.5 Å². The van der Waals surface area contributed by atoms with Crippen molar-refractivity contribution < 1.29 is 9.53 Å². The van der Waals surface area contributed by atoms with Crippen LogP contribution in [-0.4, -0.2) is 17.5 Å². The predicted molar refractivity (Wildman–Crippen MR) is 82.0 cm³/mol. The van der Waals surface area contributed by atoms with Crippen LogP contribution in [0.3, 0.4) is 0 Å². The lowest BCUT2D eigenvalue weighted by molar-refractivity contribution is -0.127. The fourth-order valence-electron chi connectivity index (χ4n) is 3.53. The summed E-state index contributed by atoms with van der Waals surface area (Å²) in [6, 6.07) is 5.73. The van der Waals surface area contributed by atoms with Crippen LogP contribution in [0.15, 0.2) is 27.7 Å². The van der Waals surface area contributed by atoms with Crippen LogP contribution in [0.1, 0.15) is 31.7 Å². The van der Waals surface area contributed by atoms with Gasteiger partial charge in [0, 0.05) is 16.5 Å². The molecular weight excluding hydrogens is 334 g/mol. The fraction of sp³-hybridized carbons (Fsp3) is 0.467. The molecule has 1 aromatic rings. The Labute approximate surface area is 131 Å². The van der Waals surface area contributed by atoms with Crippen molar-refractivity contribution in [2.45, 2.75) is 37.3 Å². The quantitative estimate of drug-likeness (QED) is 0.814. The van der Waals surface area contributed by atoms with E-state index in [2.05, 4.69) is 33.2 Å². The minimum Gasteiger partial charge on any atom is -0.487 e. The van der Waals surface area contributed by atoms with Crippen molar-refractivity contribution >= 4 is 27.8 Å². The molecule has 4 rings (SSSR count). The van der Waals surface area contributed by atoms with Crippen molar-refractivity contribution in [2.24, 2.45) is 16.6 Å².